The Kier molecular flexibility index (Phi) is 15.1. The standard InChI is InChI=1S/C60H92P2/c1-40(38-61(49-30-41(53(2,3)4)26-42(31-49)54(5,6)7)50-32-43(55(8,9)10)27-44(33-50)56(11,12)13)39-62(51-34-45(57(14,15)16)28-46(35-51)58(17,18)19)52-36-47(59(20,21)22)29-48(37-52)60(23,24)25/h26-37,40H,38-39H2,1-25H3. The molecule has 0 aliphatic heterocycles. The lowest BCUT2D eigenvalue weighted by Gasteiger charge is -2.34. The monoisotopic (exact) mass is 875 g/mol. The minimum absolute atomic E-state index is 0.0481. The van der Waals surface area contributed by atoms with Crippen LogP contribution in [0.3, 0.4) is 0 Å². The molecule has 0 bridgehead atoms. The van der Waals surface area contributed by atoms with E-state index in [1.54, 1.807) is 0 Å². The van der Waals surface area contributed by atoms with Gasteiger partial charge in [-0.15, -0.1) is 0 Å². The summed E-state index contributed by atoms with van der Waals surface area (Å²) in [5, 5.41) is 6.14. The lowest BCUT2D eigenvalue weighted by Crippen LogP contribution is -2.28. The third kappa shape index (κ3) is 13.4. The lowest BCUT2D eigenvalue weighted by atomic mass is 9.81. The molecule has 0 fully saturated rings. The summed E-state index contributed by atoms with van der Waals surface area (Å²) in [7, 11) is -1.40. The van der Waals surface area contributed by atoms with Crippen molar-refractivity contribution in [3.05, 3.63) is 117 Å². The fraction of sp³-hybridized carbons (Fsp3) is 0.600. The van der Waals surface area contributed by atoms with Crippen LogP contribution in [-0.4, -0.2) is 12.3 Å². The van der Waals surface area contributed by atoms with Crippen molar-refractivity contribution in [1.29, 1.82) is 0 Å². The third-order valence-electron chi connectivity index (χ3n) is 12.8. The average molecular weight is 875 g/mol. The molecule has 4 rings (SSSR count). The van der Waals surface area contributed by atoms with Gasteiger partial charge in [0.1, 0.15) is 0 Å². The van der Waals surface area contributed by atoms with Crippen molar-refractivity contribution >= 4 is 37.1 Å². The summed E-state index contributed by atoms with van der Waals surface area (Å²) < 4.78 is 0. The van der Waals surface area contributed by atoms with Crippen molar-refractivity contribution < 1.29 is 0 Å². The highest BCUT2D eigenvalue weighted by Gasteiger charge is 2.32. The Balaban J connectivity index is 2.09. The van der Waals surface area contributed by atoms with Gasteiger partial charge in [0.15, 0.2) is 0 Å². The molecule has 2 heteroatoms. The molecule has 0 aliphatic carbocycles. The van der Waals surface area contributed by atoms with E-state index in [1.807, 2.05) is 0 Å². The van der Waals surface area contributed by atoms with Crippen molar-refractivity contribution in [3.63, 3.8) is 0 Å². The van der Waals surface area contributed by atoms with Gasteiger partial charge in [0, 0.05) is 0 Å². The van der Waals surface area contributed by atoms with Crippen LogP contribution in [0.4, 0.5) is 0 Å². The Bertz CT molecular complexity index is 1740. The number of hydrogen-bond donors (Lipinski definition) is 0. The van der Waals surface area contributed by atoms with Gasteiger partial charge in [-0.1, -0.05) is 246 Å². The lowest BCUT2D eigenvalue weighted by molar-refractivity contribution is 0.568. The summed E-state index contributed by atoms with van der Waals surface area (Å²) in [6, 6.07) is 30.9. The summed E-state index contributed by atoms with van der Waals surface area (Å²) in [6.45, 7) is 60.0. The Labute approximate surface area is 387 Å². The first-order valence-corrected chi connectivity index (χ1v) is 26.9. The van der Waals surface area contributed by atoms with Crippen molar-refractivity contribution in [2.45, 2.75) is 216 Å². The van der Waals surface area contributed by atoms with Gasteiger partial charge in [0.25, 0.3) is 0 Å². The van der Waals surface area contributed by atoms with Crippen molar-refractivity contribution in [3.8, 4) is 0 Å². The van der Waals surface area contributed by atoms with Crippen LogP contribution in [0.2, 0.25) is 0 Å². The molecule has 0 atom stereocenters. The zero-order valence-electron chi connectivity index (χ0n) is 44.8. The maximum absolute atomic E-state index is 2.61. The van der Waals surface area contributed by atoms with Crippen LogP contribution in [0.15, 0.2) is 72.8 Å². The number of benzene rings is 4. The Morgan fingerprint density at radius 3 is 0.500 bits per heavy atom. The van der Waals surface area contributed by atoms with E-state index in [9.17, 15) is 0 Å². The van der Waals surface area contributed by atoms with Crippen molar-refractivity contribution in [2.75, 3.05) is 12.3 Å². The normalized spacial score (nSPS) is 14.1. The fourth-order valence-electron chi connectivity index (χ4n) is 7.93. The van der Waals surface area contributed by atoms with E-state index in [4.69, 9.17) is 0 Å². The maximum Gasteiger partial charge on any atom is -0.0132 e. The van der Waals surface area contributed by atoms with Gasteiger partial charge in [0.05, 0.1) is 0 Å². The molecule has 0 unspecified atom stereocenters. The zero-order valence-corrected chi connectivity index (χ0v) is 46.6. The molecule has 0 nitrogen and oxygen atoms in total. The molecule has 0 saturated carbocycles. The number of hydrogen-bond acceptors (Lipinski definition) is 0. The Morgan fingerprint density at radius 1 is 0.258 bits per heavy atom. The second kappa shape index (κ2) is 17.9. The predicted octanol–water partition coefficient (Wildman–Crippen LogP) is 16.3. The van der Waals surface area contributed by atoms with Gasteiger partial charge >= 0.3 is 0 Å². The van der Waals surface area contributed by atoms with E-state index in [0.717, 1.165) is 12.3 Å². The summed E-state index contributed by atoms with van der Waals surface area (Å²) in [6.07, 6.45) is 2.30. The smallest absolute Gasteiger partial charge is 0.0132 e. The molecular weight excluding hydrogens is 783 g/mol. The molecule has 0 N–H and O–H groups in total. The molecular formula is C60H92P2. The van der Waals surface area contributed by atoms with Crippen molar-refractivity contribution in [1.82, 2.24) is 0 Å². The third-order valence-corrected chi connectivity index (χ3v) is 18.3. The second-order valence-corrected chi connectivity index (χ2v) is 31.9. The molecule has 0 radical (unpaired) electrons. The van der Waals surface area contributed by atoms with Crippen LogP contribution in [0, 0.1) is 5.92 Å². The first kappa shape index (κ1) is 52.4. The molecule has 342 valence electrons. The molecule has 0 heterocycles. The SMILES string of the molecule is CC(CP(c1cc(C(C)(C)C)cc(C(C)(C)C)c1)c1cc(C(C)(C)C)cc(C(C)(C)C)c1)CP(c1cc(C(C)(C)C)cc(C(C)(C)C)c1)c1cc(C(C)(C)C)cc(C(C)(C)C)c1. The zero-order chi connectivity index (χ0) is 47.6. The molecule has 4 aromatic carbocycles. The van der Waals surface area contributed by atoms with E-state index in [0.29, 0.717) is 5.92 Å². The predicted molar refractivity (Wildman–Crippen MR) is 287 cm³/mol. The van der Waals surface area contributed by atoms with Gasteiger partial charge in [-0.3, -0.25) is 0 Å². The van der Waals surface area contributed by atoms with Gasteiger partial charge in [-0.05, 0) is 143 Å². The summed E-state index contributed by atoms with van der Waals surface area (Å²) in [5.41, 5.74) is 12.0. The summed E-state index contributed by atoms with van der Waals surface area (Å²) >= 11 is 0. The molecule has 62 heavy (non-hydrogen) atoms. The molecule has 0 aliphatic rings. The highest BCUT2D eigenvalue weighted by atomic mass is 31.1. The van der Waals surface area contributed by atoms with Crippen LogP contribution in [0.5, 0.6) is 0 Å². The van der Waals surface area contributed by atoms with E-state index in [2.05, 4.69) is 246 Å². The van der Waals surface area contributed by atoms with Gasteiger partial charge in [-0.2, -0.15) is 0 Å². The van der Waals surface area contributed by atoms with Crippen LogP contribution < -0.4 is 21.2 Å². The molecule has 0 aromatic heterocycles. The van der Waals surface area contributed by atoms with E-state index in [-0.39, 0.29) is 43.3 Å². The van der Waals surface area contributed by atoms with Crippen LogP contribution >= 0.6 is 15.8 Å². The fourth-order valence-corrected chi connectivity index (χ4v) is 13.4. The first-order valence-electron chi connectivity index (χ1n) is 23.8. The molecule has 0 spiro atoms. The number of rotatable bonds is 8. The van der Waals surface area contributed by atoms with Crippen molar-refractivity contribution in [2.24, 2.45) is 5.92 Å². The second-order valence-electron chi connectivity index (χ2n) is 27.4. The van der Waals surface area contributed by atoms with E-state index >= 15 is 0 Å². The van der Waals surface area contributed by atoms with Gasteiger partial charge < -0.3 is 0 Å². The molecule has 4 aromatic rings. The molecule has 0 saturated heterocycles. The first-order chi connectivity index (χ1) is 27.7. The van der Waals surface area contributed by atoms with Crippen LogP contribution in [0.1, 0.15) is 218 Å². The minimum atomic E-state index is -0.701. The van der Waals surface area contributed by atoms with Gasteiger partial charge in [0.2, 0.25) is 0 Å². The van der Waals surface area contributed by atoms with E-state index < -0.39 is 15.8 Å². The van der Waals surface area contributed by atoms with Crippen LogP contribution in [0.25, 0.3) is 0 Å². The Hall–Kier alpha value is -2.26. The highest BCUT2D eigenvalue weighted by Crippen LogP contribution is 2.47. The van der Waals surface area contributed by atoms with Gasteiger partial charge in [-0.25, -0.2) is 0 Å². The minimum Gasteiger partial charge on any atom is -0.0618 e. The maximum atomic E-state index is 2.61. The quantitative estimate of drug-likeness (QED) is 0.155. The highest BCUT2D eigenvalue weighted by molar-refractivity contribution is 7.74. The Morgan fingerprint density at radius 2 is 0.387 bits per heavy atom. The van der Waals surface area contributed by atoms with E-state index in [1.165, 1.54) is 65.7 Å². The van der Waals surface area contributed by atoms with Crippen LogP contribution in [-0.2, 0) is 43.3 Å². The average Bonchev–Trinajstić information content (AvgIpc) is 3.09. The topological polar surface area (TPSA) is 0 Å². The largest absolute Gasteiger partial charge is 0.0618 e. The summed E-state index contributed by atoms with van der Waals surface area (Å²) in [4.78, 5) is 0. The molecule has 0 amide bonds. The summed E-state index contributed by atoms with van der Waals surface area (Å²) in [5.74, 6) is 0.479.